The summed E-state index contributed by atoms with van der Waals surface area (Å²) in [5.41, 5.74) is 1.85. The van der Waals surface area contributed by atoms with Crippen molar-refractivity contribution >= 4 is 34.1 Å². The fourth-order valence-corrected chi connectivity index (χ4v) is 2.63. The molecule has 0 spiro atoms. The second-order valence-corrected chi connectivity index (χ2v) is 5.48. The lowest BCUT2D eigenvalue weighted by Crippen LogP contribution is -2.05. The van der Waals surface area contributed by atoms with Gasteiger partial charge in [0.05, 0.1) is 24.9 Å². The zero-order valence-electron chi connectivity index (χ0n) is 10.8. The van der Waals surface area contributed by atoms with Crippen LogP contribution in [0.2, 0.25) is 10.2 Å². The van der Waals surface area contributed by atoms with Gasteiger partial charge < -0.3 is 14.2 Å². The molecular formula is C14H13Cl2N3O. The average Bonchev–Trinajstić information content (AvgIpc) is 2.94. The van der Waals surface area contributed by atoms with Crippen LogP contribution < -0.4 is 0 Å². The molecule has 3 rings (SSSR count). The average molecular weight is 310 g/mol. The topological polar surface area (TPSA) is 43.0 Å². The second-order valence-electron chi connectivity index (χ2n) is 4.66. The number of nitrogens with zero attached hydrogens (tertiary/aromatic N) is 3. The summed E-state index contributed by atoms with van der Waals surface area (Å²) in [7, 11) is 1.87. The fraction of sp³-hybridized carbons (Fsp3) is 0.214. The number of imidazole rings is 1. The Morgan fingerprint density at radius 2 is 2.10 bits per heavy atom. The van der Waals surface area contributed by atoms with Crippen LogP contribution in [0.25, 0.3) is 10.9 Å². The molecule has 2 heterocycles. The van der Waals surface area contributed by atoms with E-state index in [2.05, 4.69) is 4.98 Å². The maximum Gasteiger partial charge on any atom is 0.129 e. The number of halogens is 2. The molecule has 0 fully saturated rings. The van der Waals surface area contributed by atoms with E-state index in [1.807, 2.05) is 40.6 Å². The molecule has 0 aliphatic rings. The summed E-state index contributed by atoms with van der Waals surface area (Å²) in [6, 6.07) is 5.64. The van der Waals surface area contributed by atoms with E-state index < -0.39 is 0 Å². The quantitative estimate of drug-likeness (QED) is 0.807. The Balaban J connectivity index is 2.11. The maximum atomic E-state index is 9.45. The van der Waals surface area contributed by atoms with Gasteiger partial charge in [0, 0.05) is 29.2 Å². The fourth-order valence-electron chi connectivity index (χ4n) is 2.32. The van der Waals surface area contributed by atoms with E-state index in [1.165, 1.54) is 0 Å². The van der Waals surface area contributed by atoms with Gasteiger partial charge in [0.15, 0.2) is 0 Å². The first kappa shape index (κ1) is 13.5. The minimum absolute atomic E-state index is 0.00749. The molecule has 104 valence electrons. The molecule has 0 radical (unpaired) electrons. The van der Waals surface area contributed by atoms with Crippen LogP contribution in [0.15, 0.2) is 30.6 Å². The van der Waals surface area contributed by atoms with E-state index in [0.29, 0.717) is 16.7 Å². The largest absolute Gasteiger partial charge is 0.392 e. The molecule has 3 aromatic rings. The standard InChI is InChI=1S/C14H13Cl2N3O/c1-18-13(16)5-17-14(18)7-19-6-9(8-20)11-3-2-10(15)4-12(11)19/h2-6,20H,7-8H2,1H3. The first-order valence-electron chi connectivity index (χ1n) is 6.14. The van der Waals surface area contributed by atoms with E-state index in [0.717, 1.165) is 22.3 Å². The van der Waals surface area contributed by atoms with E-state index >= 15 is 0 Å². The summed E-state index contributed by atoms with van der Waals surface area (Å²) in [6.45, 7) is 0.562. The Kier molecular flexibility index (Phi) is 3.46. The van der Waals surface area contributed by atoms with Crippen LogP contribution in [0.4, 0.5) is 0 Å². The van der Waals surface area contributed by atoms with Crippen LogP contribution in [0.5, 0.6) is 0 Å². The van der Waals surface area contributed by atoms with E-state index in [-0.39, 0.29) is 6.61 Å². The minimum Gasteiger partial charge on any atom is -0.392 e. The molecule has 0 atom stereocenters. The third-order valence-electron chi connectivity index (χ3n) is 3.44. The van der Waals surface area contributed by atoms with Gasteiger partial charge in [-0.25, -0.2) is 4.98 Å². The summed E-state index contributed by atoms with van der Waals surface area (Å²) in [6.07, 6.45) is 3.55. The highest BCUT2D eigenvalue weighted by atomic mass is 35.5. The molecule has 0 saturated carbocycles. The highest BCUT2D eigenvalue weighted by Gasteiger charge is 2.11. The molecule has 0 amide bonds. The Bertz CT molecular complexity index is 776. The number of hydrogen-bond donors (Lipinski definition) is 1. The Morgan fingerprint density at radius 1 is 1.30 bits per heavy atom. The second kappa shape index (κ2) is 5.13. The summed E-state index contributed by atoms with van der Waals surface area (Å²) < 4.78 is 3.85. The molecule has 0 aliphatic heterocycles. The van der Waals surface area contributed by atoms with Crippen LogP contribution in [0.1, 0.15) is 11.4 Å². The third-order valence-corrected chi connectivity index (χ3v) is 4.02. The lowest BCUT2D eigenvalue weighted by Gasteiger charge is -2.06. The lowest BCUT2D eigenvalue weighted by molar-refractivity contribution is 0.283. The minimum atomic E-state index is -0.00749. The van der Waals surface area contributed by atoms with Crippen molar-refractivity contribution in [3.05, 3.63) is 52.2 Å². The van der Waals surface area contributed by atoms with Gasteiger partial charge in [-0.05, 0) is 12.1 Å². The predicted molar refractivity (Wildman–Crippen MR) is 80.2 cm³/mol. The Hall–Kier alpha value is -1.49. The van der Waals surface area contributed by atoms with Gasteiger partial charge in [-0.1, -0.05) is 29.3 Å². The summed E-state index contributed by atoms with van der Waals surface area (Å²) >= 11 is 12.1. The monoisotopic (exact) mass is 309 g/mol. The maximum absolute atomic E-state index is 9.45. The smallest absolute Gasteiger partial charge is 0.129 e. The van der Waals surface area contributed by atoms with E-state index in [4.69, 9.17) is 23.2 Å². The molecule has 0 aliphatic carbocycles. The molecule has 6 heteroatoms. The summed E-state index contributed by atoms with van der Waals surface area (Å²) in [5.74, 6) is 0.844. The SMILES string of the molecule is Cn1c(Cl)cnc1Cn1cc(CO)c2ccc(Cl)cc21. The van der Waals surface area contributed by atoms with Gasteiger partial charge in [-0.2, -0.15) is 0 Å². The van der Waals surface area contributed by atoms with Gasteiger partial charge in [0.1, 0.15) is 11.0 Å². The molecule has 2 aromatic heterocycles. The molecule has 0 saturated heterocycles. The van der Waals surface area contributed by atoms with Crippen molar-refractivity contribution in [3.63, 3.8) is 0 Å². The van der Waals surface area contributed by atoms with Crippen LogP contribution in [-0.2, 0) is 20.2 Å². The van der Waals surface area contributed by atoms with E-state index in [9.17, 15) is 5.11 Å². The van der Waals surface area contributed by atoms with Crippen LogP contribution in [-0.4, -0.2) is 19.2 Å². The highest BCUT2D eigenvalue weighted by molar-refractivity contribution is 6.31. The number of fused-ring (bicyclic) bond motifs is 1. The molecule has 0 unspecified atom stereocenters. The van der Waals surface area contributed by atoms with Crippen LogP contribution >= 0.6 is 23.2 Å². The lowest BCUT2D eigenvalue weighted by atomic mass is 10.2. The molecule has 20 heavy (non-hydrogen) atoms. The normalized spacial score (nSPS) is 11.4. The van der Waals surface area contributed by atoms with Gasteiger partial charge in [0.2, 0.25) is 0 Å². The Labute approximate surface area is 126 Å². The van der Waals surface area contributed by atoms with Crippen LogP contribution in [0, 0.1) is 0 Å². The number of aromatic nitrogens is 3. The van der Waals surface area contributed by atoms with E-state index in [1.54, 1.807) is 6.20 Å². The van der Waals surface area contributed by atoms with Crippen molar-refractivity contribution in [1.29, 1.82) is 0 Å². The Morgan fingerprint density at radius 3 is 2.75 bits per heavy atom. The zero-order chi connectivity index (χ0) is 14.3. The first-order valence-corrected chi connectivity index (χ1v) is 6.90. The molecule has 1 aromatic carbocycles. The molecular weight excluding hydrogens is 297 g/mol. The number of hydrogen-bond acceptors (Lipinski definition) is 2. The first-order chi connectivity index (χ1) is 9.60. The third kappa shape index (κ3) is 2.20. The zero-order valence-corrected chi connectivity index (χ0v) is 12.4. The van der Waals surface area contributed by atoms with Gasteiger partial charge >= 0.3 is 0 Å². The van der Waals surface area contributed by atoms with Crippen molar-refractivity contribution < 1.29 is 5.11 Å². The van der Waals surface area contributed by atoms with Gasteiger partial charge in [-0.3, -0.25) is 0 Å². The summed E-state index contributed by atoms with van der Waals surface area (Å²) in [4.78, 5) is 4.29. The van der Waals surface area contributed by atoms with Gasteiger partial charge in [-0.15, -0.1) is 0 Å². The highest BCUT2D eigenvalue weighted by Crippen LogP contribution is 2.25. The van der Waals surface area contributed by atoms with Crippen molar-refractivity contribution in [2.24, 2.45) is 7.05 Å². The van der Waals surface area contributed by atoms with Crippen molar-refractivity contribution in [3.8, 4) is 0 Å². The molecule has 4 nitrogen and oxygen atoms in total. The molecule has 0 bridgehead atoms. The predicted octanol–water partition coefficient (Wildman–Crippen LogP) is 3.22. The van der Waals surface area contributed by atoms with Crippen LogP contribution in [0.3, 0.4) is 0 Å². The number of rotatable bonds is 3. The van der Waals surface area contributed by atoms with Crippen molar-refractivity contribution in [1.82, 2.24) is 14.1 Å². The summed E-state index contributed by atoms with van der Waals surface area (Å²) in [5, 5.41) is 11.7. The number of aliphatic hydroxyl groups excluding tert-OH is 1. The number of aliphatic hydroxyl groups is 1. The van der Waals surface area contributed by atoms with Gasteiger partial charge in [0.25, 0.3) is 0 Å². The van der Waals surface area contributed by atoms with Crippen molar-refractivity contribution in [2.75, 3.05) is 0 Å². The van der Waals surface area contributed by atoms with Crippen molar-refractivity contribution in [2.45, 2.75) is 13.2 Å². The number of benzene rings is 1. The molecule has 1 N–H and O–H groups in total.